The van der Waals surface area contributed by atoms with Gasteiger partial charge in [-0.25, -0.2) is 14.4 Å². The summed E-state index contributed by atoms with van der Waals surface area (Å²) in [5.74, 6) is 0.155. The van der Waals surface area contributed by atoms with Crippen molar-refractivity contribution in [3.05, 3.63) is 363 Å². The number of hydrogen-bond acceptors (Lipinski definition) is 9. The van der Waals surface area contributed by atoms with E-state index in [1.807, 2.05) is 78.9 Å². The molecule has 0 spiro atoms. The lowest BCUT2D eigenvalue weighted by Crippen LogP contribution is -2.09. The van der Waals surface area contributed by atoms with E-state index in [1.54, 1.807) is 37.3 Å². The second kappa shape index (κ2) is 31.6. The van der Waals surface area contributed by atoms with Gasteiger partial charge in [0.1, 0.15) is 17.2 Å². The van der Waals surface area contributed by atoms with E-state index in [9.17, 15) is 14.4 Å². The predicted octanol–water partition coefficient (Wildman–Crippen LogP) is 22.4. The highest BCUT2D eigenvalue weighted by Crippen LogP contribution is 2.40. The molecule has 0 saturated heterocycles. The second-order valence-corrected chi connectivity index (χ2v) is 22.7. The molecule has 12 aromatic carbocycles. The number of para-hydroxylation sites is 2. The summed E-state index contributed by atoms with van der Waals surface area (Å²) in [6, 6.07) is 102. The lowest BCUT2D eigenvalue weighted by atomic mass is 10.0. The first-order chi connectivity index (χ1) is 46.2. The van der Waals surface area contributed by atoms with Gasteiger partial charge in [0.25, 0.3) is 0 Å². The molecule has 0 bridgehead atoms. The summed E-state index contributed by atoms with van der Waals surface area (Å²) in [6.07, 6.45) is 2.31. The van der Waals surface area contributed by atoms with Crippen LogP contribution in [0, 0.1) is 27.7 Å². The van der Waals surface area contributed by atoms with Crippen LogP contribution < -0.4 is 28.9 Å². The molecule has 95 heavy (non-hydrogen) atoms. The Morgan fingerprint density at radius 3 is 0.832 bits per heavy atom. The number of benzene rings is 12. The van der Waals surface area contributed by atoms with Gasteiger partial charge in [0.05, 0.1) is 0 Å². The van der Waals surface area contributed by atoms with E-state index in [-0.39, 0.29) is 0 Å². The number of esters is 3. The Balaban J connectivity index is 0.000000155. The fraction of sp³-hybridized carbons (Fsp3) is 0.0581. The Morgan fingerprint density at radius 1 is 0.284 bits per heavy atom. The quantitative estimate of drug-likeness (QED) is 0.0473. The van der Waals surface area contributed by atoms with Crippen LogP contribution in [-0.4, -0.2) is 17.9 Å². The molecular formula is C86H73N3O6. The average Bonchev–Trinajstić information content (AvgIpc) is 1.13. The van der Waals surface area contributed by atoms with Crippen molar-refractivity contribution in [2.45, 2.75) is 34.6 Å². The van der Waals surface area contributed by atoms with E-state index in [2.05, 4.69) is 256 Å². The van der Waals surface area contributed by atoms with Crippen molar-refractivity contribution in [3.8, 4) is 50.6 Å². The maximum atomic E-state index is 11.7. The van der Waals surface area contributed by atoms with Crippen LogP contribution in [0.25, 0.3) is 33.4 Å². The summed E-state index contributed by atoms with van der Waals surface area (Å²) >= 11 is 0. The molecule has 0 aliphatic rings. The van der Waals surface area contributed by atoms with E-state index >= 15 is 0 Å². The smallest absolute Gasteiger partial charge is 0.338 e. The number of carbonyl (C=O) groups excluding carboxylic acids is 3. The molecule has 0 amide bonds. The molecule has 0 unspecified atom stereocenters. The largest absolute Gasteiger partial charge is 0.423 e. The molecule has 0 atom stereocenters. The number of hydrogen-bond donors (Lipinski definition) is 0. The van der Waals surface area contributed by atoms with Gasteiger partial charge in [-0.3, -0.25) is 0 Å². The van der Waals surface area contributed by atoms with Crippen LogP contribution in [0.5, 0.6) is 17.2 Å². The average molecular weight is 1240 g/mol. The van der Waals surface area contributed by atoms with Gasteiger partial charge in [0, 0.05) is 68.9 Å². The molecule has 0 aromatic heterocycles. The topological polar surface area (TPSA) is 88.6 Å². The van der Waals surface area contributed by atoms with Gasteiger partial charge in [-0.15, -0.1) is 0 Å². The van der Waals surface area contributed by atoms with E-state index in [1.165, 1.54) is 22.3 Å². The van der Waals surface area contributed by atoms with Crippen molar-refractivity contribution in [3.63, 3.8) is 0 Å². The van der Waals surface area contributed by atoms with Crippen LogP contribution in [0.3, 0.4) is 0 Å². The maximum Gasteiger partial charge on any atom is 0.338 e. The van der Waals surface area contributed by atoms with Crippen molar-refractivity contribution in [1.29, 1.82) is 0 Å². The number of rotatable bonds is 18. The normalized spacial score (nSPS) is 10.4. The summed E-state index contributed by atoms with van der Waals surface area (Å²) in [4.78, 5) is 41.3. The van der Waals surface area contributed by atoms with Crippen LogP contribution in [-0.2, 0) is 14.4 Å². The van der Waals surface area contributed by atoms with Crippen LogP contribution in [0.4, 0.5) is 51.2 Å². The first-order valence-electron chi connectivity index (χ1n) is 31.1. The van der Waals surface area contributed by atoms with E-state index in [0.29, 0.717) is 22.8 Å². The fourth-order valence-electron chi connectivity index (χ4n) is 10.4. The minimum atomic E-state index is -0.469. The van der Waals surface area contributed by atoms with Gasteiger partial charge in [0.15, 0.2) is 0 Å². The summed E-state index contributed by atoms with van der Waals surface area (Å²) in [6.45, 7) is 20.5. The van der Waals surface area contributed by atoms with Crippen molar-refractivity contribution in [2.75, 3.05) is 14.7 Å². The second-order valence-electron chi connectivity index (χ2n) is 22.7. The van der Waals surface area contributed by atoms with Crippen LogP contribution in [0.2, 0.25) is 0 Å². The van der Waals surface area contributed by atoms with Gasteiger partial charge in [-0.05, 0) is 214 Å². The number of anilines is 9. The summed E-state index contributed by atoms with van der Waals surface area (Å²) in [5.41, 5.74) is 21.4. The standard InChI is InChI=1S/C30H27NO2.C29H25NO2.C27H21NO2/c1-21(2)30(32)33-29-19-11-25(12-20-29)24-9-17-28(18-10-24)31(26-13-5-22(3)6-14-26)27-15-7-23(4)8-16-27;1-4-29(31)32-28-19-11-24(12-20-28)23-9-17-27(18-10-23)30(25-13-5-21(2)6-14-25)26-15-7-22(3)8-16-26;1-2-27(29)30-26-15-9-10-22(20-26)21-16-18-25(19-17-21)28(23-11-5-3-6-12-23)24-13-7-4-8-14-24/h5-20H,1H2,2-4H3;4-20H,1H2,2-3H3;2-20H,1H2. The Hall–Kier alpha value is -12.3. The van der Waals surface area contributed by atoms with E-state index in [0.717, 1.165) is 96.7 Å². The number of nitrogens with zero attached hydrogens (tertiary/aromatic N) is 3. The molecule has 9 nitrogen and oxygen atoms in total. The highest BCUT2D eigenvalue weighted by atomic mass is 16.5. The summed E-state index contributed by atoms with van der Waals surface area (Å²) in [5, 5.41) is 0. The van der Waals surface area contributed by atoms with Crippen LogP contribution in [0.15, 0.2) is 341 Å². The monoisotopic (exact) mass is 1240 g/mol. The third kappa shape index (κ3) is 17.6. The first-order valence-corrected chi connectivity index (χ1v) is 31.1. The van der Waals surface area contributed by atoms with Crippen molar-refractivity contribution in [1.82, 2.24) is 0 Å². The molecule has 0 saturated carbocycles. The van der Waals surface area contributed by atoms with Crippen molar-refractivity contribution >= 4 is 69.1 Å². The fourth-order valence-corrected chi connectivity index (χ4v) is 10.4. The van der Waals surface area contributed by atoms with Crippen molar-refractivity contribution in [2.24, 2.45) is 0 Å². The minimum absolute atomic E-state index is 0.376. The van der Waals surface area contributed by atoms with Gasteiger partial charge >= 0.3 is 17.9 Å². The highest BCUT2D eigenvalue weighted by molar-refractivity contribution is 5.89. The Kier molecular flexibility index (Phi) is 21.8. The molecule has 468 valence electrons. The molecule has 12 aromatic rings. The molecule has 0 aliphatic heterocycles. The SMILES string of the molecule is C=C(C)C(=O)Oc1ccc(-c2ccc(N(c3ccc(C)cc3)c3ccc(C)cc3)cc2)cc1.C=CC(=O)Oc1ccc(-c2ccc(N(c3ccc(C)cc3)c3ccc(C)cc3)cc2)cc1.C=CC(=O)Oc1cccc(-c2ccc(N(c3ccccc3)c3ccccc3)cc2)c1. The van der Waals surface area contributed by atoms with Crippen LogP contribution in [0.1, 0.15) is 29.2 Å². The summed E-state index contributed by atoms with van der Waals surface area (Å²) < 4.78 is 15.7. The molecule has 0 N–H and O–H groups in total. The van der Waals surface area contributed by atoms with Crippen molar-refractivity contribution < 1.29 is 28.6 Å². The Labute approximate surface area is 557 Å². The summed E-state index contributed by atoms with van der Waals surface area (Å²) in [7, 11) is 0. The molecule has 9 heteroatoms. The lowest BCUT2D eigenvalue weighted by Gasteiger charge is -2.26. The minimum Gasteiger partial charge on any atom is -0.423 e. The van der Waals surface area contributed by atoms with E-state index < -0.39 is 17.9 Å². The van der Waals surface area contributed by atoms with Gasteiger partial charge < -0.3 is 28.9 Å². The van der Waals surface area contributed by atoms with Gasteiger partial charge in [0.2, 0.25) is 0 Å². The highest BCUT2D eigenvalue weighted by Gasteiger charge is 2.17. The zero-order valence-corrected chi connectivity index (χ0v) is 53.9. The van der Waals surface area contributed by atoms with Gasteiger partial charge in [-0.2, -0.15) is 0 Å². The maximum absolute atomic E-state index is 11.7. The zero-order chi connectivity index (χ0) is 66.6. The number of ether oxygens (including phenoxy) is 3. The lowest BCUT2D eigenvalue weighted by molar-refractivity contribution is -0.130. The third-order valence-corrected chi connectivity index (χ3v) is 15.4. The molecule has 0 heterocycles. The molecule has 0 radical (unpaired) electrons. The molecule has 0 fully saturated rings. The Morgan fingerprint density at radius 2 is 0.537 bits per heavy atom. The first kappa shape index (κ1) is 65.6. The van der Waals surface area contributed by atoms with Gasteiger partial charge in [-0.1, -0.05) is 200 Å². The zero-order valence-electron chi connectivity index (χ0n) is 53.9. The number of aryl methyl sites for hydroxylation is 4. The van der Waals surface area contributed by atoms with Crippen LogP contribution >= 0.6 is 0 Å². The Bertz CT molecular complexity index is 4410. The molecule has 0 aliphatic carbocycles. The predicted molar refractivity (Wildman–Crippen MR) is 391 cm³/mol. The number of carbonyl (C=O) groups is 3. The van der Waals surface area contributed by atoms with E-state index in [4.69, 9.17) is 14.2 Å². The molecule has 12 rings (SSSR count). The third-order valence-electron chi connectivity index (χ3n) is 15.4. The molecular weight excluding hydrogens is 1170 g/mol.